The van der Waals surface area contributed by atoms with Crippen LogP contribution < -0.4 is 15.5 Å². The van der Waals surface area contributed by atoms with Gasteiger partial charge in [0.25, 0.3) is 11.8 Å². The van der Waals surface area contributed by atoms with Crippen molar-refractivity contribution in [1.29, 1.82) is 0 Å². The Morgan fingerprint density at radius 1 is 0.864 bits per heavy atom. The largest absolute Gasteiger partial charge is 0.369 e. The predicted octanol–water partition coefficient (Wildman–Crippen LogP) is 4.19. The highest BCUT2D eigenvalue weighted by molar-refractivity contribution is 7.91. The molecule has 3 heterocycles. The standard InChI is InChI=1S/C31H28FN7O4S/c1-38-13-15-39(16-14-38)21-8-10-24(28(18-21)34-31(41)27-7-2-3-12-33-27)30(40)35-29-25-19-23(9-11-26(25)36-37-29)44(42,43)22-6-4-5-20(32)17-22/h2-12,17-19H,13-16H2,1H3,(H,34,41)(H2,35,36,37,40). The molecule has 0 atom stereocenters. The Morgan fingerprint density at radius 3 is 2.41 bits per heavy atom. The van der Waals surface area contributed by atoms with Crippen molar-refractivity contribution in [2.45, 2.75) is 9.79 Å². The van der Waals surface area contributed by atoms with Crippen LogP contribution in [0.1, 0.15) is 20.8 Å². The maximum Gasteiger partial charge on any atom is 0.274 e. The van der Waals surface area contributed by atoms with E-state index in [-0.39, 0.29) is 32.6 Å². The molecule has 1 aliphatic heterocycles. The first-order valence-electron chi connectivity index (χ1n) is 13.8. The van der Waals surface area contributed by atoms with Gasteiger partial charge >= 0.3 is 0 Å². The Balaban J connectivity index is 1.32. The summed E-state index contributed by atoms with van der Waals surface area (Å²) in [5, 5.41) is 12.9. The average molecular weight is 614 g/mol. The molecule has 44 heavy (non-hydrogen) atoms. The lowest BCUT2D eigenvalue weighted by atomic mass is 10.1. The van der Waals surface area contributed by atoms with Crippen LogP contribution in [0.4, 0.5) is 21.6 Å². The summed E-state index contributed by atoms with van der Waals surface area (Å²) in [4.78, 5) is 34.9. The number of carbonyl (C=O) groups is 2. The fourth-order valence-corrected chi connectivity index (χ4v) is 6.30. The molecule has 224 valence electrons. The number of piperazine rings is 1. The number of rotatable bonds is 7. The third-order valence-corrected chi connectivity index (χ3v) is 9.19. The first-order chi connectivity index (χ1) is 21.2. The SMILES string of the molecule is CN1CCN(c2ccc(C(=O)Nc3n[nH]c4ccc(S(=O)(=O)c5cccc(F)c5)cc34)c(NC(=O)c3ccccn3)c2)CC1. The lowest BCUT2D eigenvalue weighted by Crippen LogP contribution is -2.44. The Morgan fingerprint density at radius 2 is 1.66 bits per heavy atom. The second-order valence-corrected chi connectivity index (χ2v) is 12.3. The molecule has 3 aromatic carbocycles. The van der Waals surface area contributed by atoms with E-state index in [0.717, 1.165) is 44.0 Å². The van der Waals surface area contributed by atoms with Crippen molar-refractivity contribution in [2.75, 3.05) is 48.8 Å². The number of carbonyl (C=O) groups excluding carboxylic acids is 2. The fraction of sp³-hybridized carbons (Fsp3) is 0.161. The van der Waals surface area contributed by atoms with Crippen LogP contribution in [-0.2, 0) is 9.84 Å². The second-order valence-electron chi connectivity index (χ2n) is 10.4. The number of anilines is 3. The van der Waals surface area contributed by atoms with Crippen molar-refractivity contribution in [3.63, 3.8) is 0 Å². The predicted molar refractivity (Wildman–Crippen MR) is 164 cm³/mol. The van der Waals surface area contributed by atoms with Crippen LogP contribution in [0.3, 0.4) is 0 Å². The summed E-state index contributed by atoms with van der Waals surface area (Å²) >= 11 is 0. The fourth-order valence-electron chi connectivity index (χ4n) is 4.98. The topological polar surface area (TPSA) is 140 Å². The number of hydrogen-bond acceptors (Lipinski definition) is 8. The highest BCUT2D eigenvalue weighted by Gasteiger charge is 2.23. The summed E-state index contributed by atoms with van der Waals surface area (Å²) < 4.78 is 40.2. The molecule has 5 aromatic rings. The van der Waals surface area contributed by atoms with Crippen molar-refractivity contribution in [3.05, 3.63) is 102 Å². The molecule has 3 N–H and O–H groups in total. The minimum Gasteiger partial charge on any atom is -0.369 e. The van der Waals surface area contributed by atoms with Gasteiger partial charge in [0.1, 0.15) is 11.5 Å². The maximum absolute atomic E-state index is 13.8. The molecule has 1 aliphatic rings. The van der Waals surface area contributed by atoms with Gasteiger partial charge < -0.3 is 20.4 Å². The molecule has 6 rings (SSSR count). The molecule has 0 unspecified atom stereocenters. The summed E-state index contributed by atoms with van der Waals surface area (Å²) in [5.74, 6) is -1.63. The summed E-state index contributed by atoms with van der Waals surface area (Å²) in [7, 11) is -1.99. The molecule has 0 radical (unpaired) electrons. The van der Waals surface area contributed by atoms with E-state index in [0.29, 0.717) is 10.9 Å². The molecule has 0 bridgehead atoms. The first-order valence-corrected chi connectivity index (χ1v) is 15.3. The van der Waals surface area contributed by atoms with Crippen LogP contribution in [0.15, 0.2) is 94.9 Å². The Labute approximate surface area is 252 Å². The number of aromatic nitrogens is 3. The van der Waals surface area contributed by atoms with Crippen molar-refractivity contribution in [1.82, 2.24) is 20.1 Å². The average Bonchev–Trinajstić information content (AvgIpc) is 3.43. The van der Waals surface area contributed by atoms with Crippen LogP contribution >= 0.6 is 0 Å². The molecule has 13 heteroatoms. The summed E-state index contributed by atoms with van der Waals surface area (Å²) in [6.07, 6.45) is 1.51. The molecule has 0 spiro atoms. The zero-order valence-electron chi connectivity index (χ0n) is 23.6. The maximum atomic E-state index is 13.8. The number of aromatic amines is 1. The van der Waals surface area contributed by atoms with Crippen molar-refractivity contribution >= 4 is 49.7 Å². The normalized spacial score (nSPS) is 14.0. The molecule has 0 saturated carbocycles. The third-order valence-electron chi connectivity index (χ3n) is 7.44. The van der Waals surface area contributed by atoms with Gasteiger partial charge in [-0.2, -0.15) is 5.10 Å². The molecule has 1 fully saturated rings. The second kappa shape index (κ2) is 11.9. The van der Waals surface area contributed by atoms with Crippen molar-refractivity contribution in [3.8, 4) is 0 Å². The molecule has 2 aromatic heterocycles. The number of hydrogen-bond donors (Lipinski definition) is 3. The van der Waals surface area contributed by atoms with Gasteiger partial charge in [0.2, 0.25) is 9.84 Å². The summed E-state index contributed by atoms with van der Waals surface area (Å²) in [5.41, 5.74) is 1.97. The first kappa shape index (κ1) is 29.0. The third kappa shape index (κ3) is 5.87. The van der Waals surface area contributed by atoms with E-state index in [1.807, 2.05) is 6.07 Å². The van der Waals surface area contributed by atoms with E-state index >= 15 is 0 Å². The quantitative estimate of drug-likeness (QED) is 0.248. The van der Waals surface area contributed by atoms with Crippen LogP contribution in [-0.4, -0.2) is 73.5 Å². The zero-order chi connectivity index (χ0) is 30.8. The number of pyridine rings is 1. The molecule has 11 nitrogen and oxygen atoms in total. The minimum atomic E-state index is -4.05. The Bertz CT molecular complexity index is 1970. The Kier molecular flexibility index (Phi) is 7.80. The summed E-state index contributed by atoms with van der Waals surface area (Å²) in [6.45, 7) is 3.33. The van der Waals surface area contributed by atoms with Crippen LogP contribution in [0.25, 0.3) is 10.9 Å². The zero-order valence-corrected chi connectivity index (χ0v) is 24.4. The van der Waals surface area contributed by atoms with Crippen molar-refractivity contribution < 1.29 is 22.4 Å². The smallest absolute Gasteiger partial charge is 0.274 e. The highest BCUT2D eigenvalue weighted by atomic mass is 32.2. The van der Waals surface area contributed by atoms with Gasteiger partial charge in [-0.3, -0.25) is 19.7 Å². The van der Waals surface area contributed by atoms with Crippen LogP contribution in [0.2, 0.25) is 0 Å². The number of benzene rings is 3. The van der Waals surface area contributed by atoms with Gasteiger partial charge in [0.15, 0.2) is 5.82 Å². The number of sulfone groups is 1. The van der Waals surface area contributed by atoms with E-state index in [4.69, 9.17) is 0 Å². The number of likely N-dealkylation sites (N-methyl/N-ethyl adjacent to an activating group) is 1. The summed E-state index contributed by atoms with van der Waals surface area (Å²) in [6, 6.07) is 19.2. The number of halogens is 1. The van der Waals surface area contributed by atoms with Gasteiger partial charge in [0, 0.05) is 43.4 Å². The number of amides is 2. The lowest BCUT2D eigenvalue weighted by Gasteiger charge is -2.34. The van der Waals surface area contributed by atoms with Gasteiger partial charge in [-0.25, -0.2) is 12.8 Å². The van der Waals surface area contributed by atoms with Gasteiger partial charge in [0.05, 0.1) is 26.6 Å². The monoisotopic (exact) mass is 613 g/mol. The molecule has 1 saturated heterocycles. The number of nitrogens with zero attached hydrogens (tertiary/aromatic N) is 4. The number of nitrogens with one attached hydrogen (secondary N) is 3. The van der Waals surface area contributed by atoms with Gasteiger partial charge in [-0.05, 0) is 73.8 Å². The number of H-pyrrole nitrogens is 1. The number of fused-ring (bicyclic) bond motifs is 1. The van der Waals surface area contributed by atoms with E-state index in [1.165, 1.54) is 36.5 Å². The van der Waals surface area contributed by atoms with Crippen LogP contribution in [0, 0.1) is 5.82 Å². The minimum absolute atomic E-state index is 0.0893. The highest BCUT2D eigenvalue weighted by Crippen LogP contribution is 2.30. The molecule has 0 aliphatic carbocycles. The van der Waals surface area contributed by atoms with E-state index in [1.54, 1.807) is 30.3 Å². The van der Waals surface area contributed by atoms with Gasteiger partial charge in [-0.1, -0.05) is 12.1 Å². The van der Waals surface area contributed by atoms with E-state index in [2.05, 4.69) is 42.7 Å². The molecule has 2 amide bonds. The molecular weight excluding hydrogens is 585 g/mol. The van der Waals surface area contributed by atoms with Crippen LogP contribution in [0.5, 0.6) is 0 Å². The van der Waals surface area contributed by atoms with Crippen molar-refractivity contribution in [2.24, 2.45) is 0 Å². The molecular formula is C31H28FN7O4S. The lowest BCUT2D eigenvalue weighted by molar-refractivity contribution is 0.102. The van der Waals surface area contributed by atoms with E-state index < -0.39 is 27.5 Å². The Hall–Kier alpha value is -5.14. The van der Waals surface area contributed by atoms with E-state index in [9.17, 15) is 22.4 Å². The van der Waals surface area contributed by atoms with Gasteiger partial charge in [-0.15, -0.1) is 0 Å².